The Labute approximate surface area is 62.9 Å². The van der Waals surface area contributed by atoms with E-state index in [-0.39, 0.29) is 6.29 Å². The molecule has 3 nitrogen and oxygen atoms in total. The van der Waals surface area contributed by atoms with E-state index in [1.54, 1.807) is 14.2 Å². The van der Waals surface area contributed by atoms with Gasteiger partial charge in [0.15, 0.2) is 0 Å². The monoisotopic (exact) mass is 225 g/mol. The van der Waals surface area contributed by atoms with E-state index >= 15 is 0 Å². The van der Waals surface area contributed by atoms with Crippen LogP contribution in [0.2, 0.25) is 0 Å². The van der Waals surface area contributed by atoms with E-state index in [0.29, 0.717) is 6.61 Å². The summed E-state index contributed by atoms with van der Waals surface area (Å²) in [7, 11) is 3.17. The van der Waals surface area contributed by atoms with Gasteiger partial charge in [0.2, 0.25) is 0 Å². The Bertz CT molecular complexity index is 46.5. The second kappa shape index (κ2) is 5.81. The van der Waals surface area contributed by atoms with Crippen LogP contribution in [0.3, 0.4) is 0 Å². The van der Waals surface area contributed by atoms with E-state index in [2.05, 4.69) is 0 Å². The van der Waals surface area contributed by atoms with Gasteiger partial charge in [-0.2, -0.15) is 0 Å². The summed E-state index contributed by atoms with van der Waals surface area (Å²) in [5.41, 5.74) is 0. The zero-order chi connectivity index (χ0) is 6.41. The molecule has 0 spiro atoms. The van der Waals surface area contributed by atoms with Gasteiger partial charge in [0.25, 0.3) is 0 Å². The van der Waals surface area contributed by atoms with E-state index in [9.17, 15) is 0 Å². The van der Waals surface area contributed by atoms with Gasteiger partial charge in [0.05, 0.1) is 0 Å². The molecule has 0 aromatic heterocycles. The Hall–Kier alpha value is 0.679. The molecule has 0 unspecified atom stereocenters. The van der Waals surface area contributed by atoms with Crippen LogP contribution < -0.4 is 0 Å². The van der Waals surface area contributed by atoms with Gasteiger partial charge in [0, 0.05) is 0 Å². The average molecular weight is 224 g/mol. The van der Waals surface area contributed by atoms with Crippen LogP contribution in [0, 0.1) is 0 Å². The first-order valence-corrected chi connectivity index (χ1v) is 3.35. The zero-order valence-corrected chi connectivity index (χ0v) is 7.86. The normalized spacial score (nSPS) is 10.5. The van der Waals surface area contributed by atoms with E-state index < -0.39 is 0 Å². The summed E-state index contributed by atoms with van der Waals surface area (Å²) in [6.07, 6.45) is -0.200. The molecular formula is C4H9O3Sn. The van der Waals surface area contributed by atoms with Crippen molar-refractivity contribution >= 4 is 22.9 Å². The van der Waals surface area contributed by atoms with Crippen LogP contribution in [-0.4, -0.2) is 50.1 Å². The van der Waals surface area contributed by atoms with Crippen LogP contribution in [0.1, 0.15) is 0 Å². The molecule has 4 heteroatoms. The third-order valence-corrected chi connectivity index (χ3v) is 1.22. The van der Waals surface area contributed by atoms with Crippen LogP contribution in [0.25, 0.3) is 0 Å². The maximum atomic E-state index is 4.83. The van der Waals surface area contributed by atoms with Crippen molar-refractivity contribution in [3.63, 3.8) is 0 Å². The number of methoxy groups -OCH3 is 2. The molecule has 0 aliphatic carbocycles. The van der Waals surface area contributed by atoms with Crippen LogP contribution >= 0.6 is 0 Å². The third-order valence-electron chi connectivity index (χ3n) is 0.745. The first-order chi connectivity index (χ1) is 3.85. The van der Waals surface area contributed by atoms with Gasteiger partial charge in [-0.3, -0.25) is 0 Å². The Morgan fingerprint density at radius 1 is 1.38 bits per heavy atom. The molecule has 0 saturated heterocycles. The number of rotatable bonds is 4. The van der Waals surface area contributed by atoms with Gasteiger partial charge in [-0.25, -0.2) is 0 Å². The van der Waals surface area contributed by atoms with Crippen molar-refractivity contribution in [3.05, 3.63) is 0 Å². The molecule has 0 aromatic carbocycles. The molecule has 0 saturated carbocycles. The topological polar surface area (TPSA) is 27.7 Å². The van der Waals surface area contributed by atoms with Crippen LogP contribution in [-0.2, 0) is 12.5 Å². The van der Waals surface area contributed by atoms with Crippen LogP contribution in [0.15, 0.2) is 0 Å². The van der Waals surface area contributed by atoms with Crippen LogP contribution in [0.4, 0.5) is 0 Å². The van der Waals surface area contributed by atoms with Gasteiger partial charge in [-0.15, -0.1) is 0 Å². The van der Waals surface area contributed by atoms with E-state index in [4.69, 9.17) is 12.5 Å². The summed E-state index contributed by atoms with van der Waals surface area (Å²) in [4.78, 5) is 0. The fraction of sp³-hybridized carbons (Fsp3) is 1.00. The number of ether oxygens (including phenoxy) is 2. The molecule has 0 aliphatic rings. The standard InChI is InChI=1S/C4H9O3.Sn/c1-6-4(3-5)7-2;/h4H,3H2,1-2H3;/q-1;+1. The summed E-state index contributed by atoms with van der Waals surface area (Å²) < 4.78 is 14.4. The quantitative estimate of drug-likeness (QED) is 0.484. The Morgan fingerprint density at radius 2 is 1.88 bits per heavy atom. The molecule has 8 heavy (non-hydrogen) atoms. The van der Waals surface area contributed by atoms with E-state index in [1.165, 1.54) is 0 Å². The van der Waals surface area contributed by atoms with Crippen molar-refractivity contribution in [2.24, 2.45) is 0 Å². The van der Waals surface area contributed by atoms with Crippen molar-refractivity contribution in [1.29, 1.82) is 0 Å². The molecule has 0 bridgehead atoms. The molecule has 0 atom stereocenters. The summed E-state index contributed by atoms with van der Waals surface area (Å²) in [5.74, 6) is 0. The third kappa shape index (κ3) is 3.65. The fourth-order valence-corrected chi connectivity index (χ4v) is 0.689. The first kappa shape index (κ1) is 8.68. The van der Waals surface area contributed by atoms with Gasteiger partial charge in [0.1, 0.15) is 0 Å². The van der Waals surface area contributed by atoms with E-state index in [0.717, 1.165) is 22.9 Å². The second-order valence-corrected chi connectivity index (χ2v) is 2.04. The summed E-state index contributed by atoms with van der Waals surface area (Å²) >= 11 is 1.04. The fourth-order valence-electron chi connectivity index (χ4n) is 0.300. The molecule has 0 fully saturated rings. The summed E-state index contributed by atoms with van der Waals surface area (Å²) in [6.45, 7) is 0.519. The Kier molecular flexibility index (Phi) is 6.30. The minimum atomic E-state index is -0.200. The molecule has 0 rings (SSSR count). The molecule has 3 radical (unpaired) electrons. The average Bonchev–Trinajstić information content (AvgIpc) is 1.83. The zero-order valence-electron chi connectivity index (χ0n) is 5.01. The Balaban J connectivity index is 3.07. The predicted octanol–water partition coefficient (Wildman–Crippen LogP) is -0.295. The number of hydrogen-bond acceptors (Lipinski definition) is 3. The van der Waals surface area contributed by atoms with Crippen molar-refractivity contribution in [3.8, 4) is 0 Å². The molecule has 0 N–H and O–H groups in total. The molecular weight excluding hydrogens is 215 g/mol. The molecule has 0 heterocycles. The SMILES string of the molecule is COC(C[O][Sn])OC. The van der Waals surface area contributed by atoms with Gasteiger partial charge < -0.3 is 0 Å². The van der Waals surface area contributed by atoms with Gasteiger partial charge in [-0.05, 0) is 0 Å². The summed E-state index contributed by atoms with van der Waals surface area (Å²) in [6, 6.07) is 0. The predicted molar refractivity (Wildman–Crippen MR) is 29.5 cm³/mol. The summed E-state index contributed by atoms with van der Waals surface area (Å²) in [5, 5.41) is 0. The minimum absolute atomic E-state index is 0.200. The second-order valence-electron chi connectivity index (χ2n) is 1.21. The van der Waals surface area contributed by atoms with Gasteiger partial charge in [-0.1, -0.05) is 0 Å². The molecule has 0 amide bonds. The van der Waals surface area contributed by atoms with Crippen molar-refractivity contribution in [1.82, 2.24) is 0 Å². The number of hydrogen-bond donors (Lipinski definition) is 0. The molecule has 0 aromatic rings. The van der Waals surface area contributed by atoms with Crippen molar-refractivity contribution < 1.29 is 12.5 Å². The van der Waals surface area contributed by atoms with Gasteiger partial charge >= 0.3 is 62.6 Å². The van der Waals surface area contributed by atoms with Crippen molar-refractivity contribution in [2.75, 3.05) is 20.8 Å². The molecule has 0 aliphatic heterocycles. The van der Waals surface area contributed by atoms with Crippen LogP contribution in [0.5, 0.6) is 0 Å². The Morgan fingerprint density at radius 3 is 2.00 bits per heavy atom. The maximum absolute atomic E-state index is 4.83. The first-order valence-electron chi connectivity index (χ1n) is 2.19. The molecule has 47 valence electrons. The van der Waals surface area contributed by atoms with E-state index in [1.807, 2.05) is 0 Å². The van der Waals surface area contributed by atoms with Crippen molar-refractivity contribution in [2.45, 2.75) is 6.29 Å².